The third kappa shape index (κ3) is 2.95. The van der Waals surface area contributed by atoms with Gasteiger partial charge < -0.3 is 10.3 Å². The van der Waals surface area contributed by atoms with Gasteiger partial charge in [0.15, 0.2) is 0 Å². The van der Waals surface area contributed by atoms with E-state index in [0.29, 0.717) is 16.6 Å². The maximum absolute atomic E-state index is 12.9. The molecule has 130 valence electrons. The first kappa shape index (κ1) is 16.9. The third-order valence-corrected chi connectivity index (χ3v) is 4.14. The predicted molar refractivity (Wildman–Crippen MR) is 86.5 cm³/mol. The molecule has 0 fully saturated rings. The molecule has 0 atom stereocenters. The second kappa shape index (κ2) is 5.58. The molecule has 5 nitrogen and oxygen atoms in total. The van der Waals surface area contributed by atoms with Gasteiger partial charge in [0.05, 0.1) is 16.6 Å². The minimum atomic E-state index is -4.48. The van der Waals surface area contributed by atoms with Crippen LogP contribution in [0.5, 0.6) is 0 Å². The maximum Gasteiger partial charge on any atom is 0.417 e. The molecule has 3 rings (SSSR count). The minimum Gasteiger partial charge on any atom is -0.368 e. The number of alkyl halides is 3. The number of carbonyl (C=O) groups excluding carboxylic acids is 1. The quantitative estimate of drug-likeness (QED) is 0.789. The van der Waals surface area contributed by atoms with Crippen LogP contribution < -0.4 is 5.73 Å². The highest BCUT2D eigenvalue weighted by molar-refractivity contribution is 5.87. The maximum atomic E-state index is 12.9. The second-order valence-electron chi connectivity index (χ2n) is 6.20. The highest BCUT2D eigenvalue weighted by Gasteiger charge is 2.31. The molecule has 1 amide bonds. The van der Waals surface area contributed by atoms with Gasteiger partial charge >= 0.3 is 6.18 Å². The van der Waals surface area contributed by atoms with Crippen LogP contribution in [0.25, 0.3) is 22.2 Å². The molecule has 0 aliphatic carbocycles. The molecular weight excluding hydrogens is 333 g/mol. The van der Waals surface area contributed by atoms with Crippen molar-refractivity contribution in [3.05, 3.63) is 48.5 Å². The first-order valence-electron chi connectivity index (χ1n) is 7.41. The van der Waals surface area contributed by atoms with Crippen LogP contribution in [-0.4, -0.2) is 20.4 Å². The molecular formula is C17H15F3N4O. The van der Waals surface area contributed by atoms with E-state index >= 15 is 0 Å². The van der Waals surface area contributed by atoms with Crippen LogP contribution >= 0.6 is 0 Å². The monoisotopic (exact) mass is 348 g/mol. The van der Waals surface area contributed by atoms with Crippen molar-refractivity contribution < 1.29 is 18.0 Å². The first-order valence-corrected chi connectivity index (χ1v) is 7.41. The van der Waals surface area contributed by atoms with Crippen LogP contribution in [0.15, 0.2) is 43.0 Å². The summed E-state index contributed by atoms with van der Waals surface area (Å²) in [7, 11) is 0. The molecule has 0 saturated heterocycles. The van der Waals surface area contributed by atoms with Crippen molar-refractivity contribution in [2.45, 2.75) is 25.6 Å². The lowest BCUT2D eigenvalue weighted by atomic mass is 10.0. The molecule has 25 heavy (non-hydrogen) atoms. The van der Waals surface area contributed by atoms with Gasteiger partial charge in [0.1, 0.15) is 5.54 Å². The van der Waals surface area contributed by atoms with E-state index < -0.39 is 23.2 Å². The number of aromatic nitrogens is 3. The smallest absolute Gasteiger partial charge is 0.368 e. The number of primary amides is 1. The second-order valence-corrected chi connectivity index (χ2v) is 6.20. The summed E-state index contributed by atoms with van der Waals surface area (Å²) in [6, 6.07) is 4.40. The van der Waals surface area contributed by atoms with E-state index in [1.165, 1.54) is 12.4 Å². The number of carbonyl (C=O) groups is 1. The Morgan fingerprint density at radius 1 is 1.12 bits per heavy atom. The fraction of sp³-hybridized carbons (Fsp3) is 0.235. The molecule has 0 radical (unpaired) electrons. The van der Waals surface area contributed by atoms with Crippen LogP contribution in [0.4, 0.5) is 13.2 Å². The molecule has 0 unspecified atom stereocenters. The SMILES string of the molecule is CC(C)(C(N)=O)n1ccc2ncc(-c3cncc(C(F)(F)F)c3)cc21. The third-order valence-electron chi connectivity index (χ3n) is 4.14. The van der Waals surface area contributed by atoms with E-state index in [4.69, 9.17) is 5.73 Å². The van der Waals surface area contributed by atoms with Gasteiger partial charge in [-0.2, -0.15) is 13.2 Å². The van der Waals surface area contributed by atoms with Crippen molar-refractivity contribution in [1.29, 1.82) is 0 Å². The molecule has 3 heterocycles. The fourth-order valence-corrected chi connectivity index (χ4v) is 2.53. The van der Waals surface area contributed by atoms with Crippen LogP contribution in [-0.2, 0) is 16.5 Å². The van der Waals surface area contributed by atoms with Crippen molar-refractivity contribution in [1.82, 2.24) is 14.5 Å². The number of hydrogen-bond donors (Lipinski definition) is 1. The number of nitrogens with two attached hydrogens (primary N) is 1. The van der Waals surface area contributed by atoms with Crippen LogP contribution in [0.1, 0.15) is 19.4 Å². The van der Waals surface area contributed by atoms with Gasteiger partial charge in [0.25, 0.3) is 0 Å². The summed E-state index contributed by atoms with van der Waals surface area (Å²) in [6.45, 7) is 3.32. The highest BCUT2D eigenvalue weighted by atomic mass is 19.4. The lowest BCUT2D eigenvalue weighted by Gasteiger charge is -2.24. The van der Waals surface area contributed by atoms with Gasteiger partial charge in [-0.15, -0.1) is 0 Å². The molecule has 0 aliphatic rings. The zero-order valence-corrected chi connectivity index (χ0v) is 13.5. The molecule has 8 heteroatoms. The van der Waals surface area contributed by atoms with E-state index in [1.807, 2.05) is 0 Å². The summed E-state index contributed by atoms with van der Waals surface area (Å²) in [5, 5.41) is 0. The number of amides is 1. The zero-order chi connectivity index (χ0) is 18.4. The van der Waals surface area contributed by atoms with Gasteiger partial charge in [-0.3, -0.25) is 14.8 Å². The average Bonchev–Trinajstić information content (AvgIpc) is 2.97. The summed E-state index contributed by atoms with van der Waals surface area (Å²) in [4.78, 5) is 19.6. The van der Waals surface area contributed by atoms with Gasteiger partial charge in [0.2, 0.25) is 5.91 Å². The van der Waals surface area contributed by atoms with Crippen molar-refractivity contribution in [2.75, 3.05) is 0 Å². The van der Waals surface area contributed by atoms with Gasteiger partial charge in [-0.1, -0.05) is 0 Å². The first-order chi connectivity index (χ1) is 11.6. The van der Waals surface area contributed by atoms with Crippen LogP contribution in [0, 0.1) is 0 Å². The topological polar surface area (TPSA) is 73.8 Å². The highest BCUT2D eigenvalue weighted by Crippen LogP contribution is 2.32. The summed E-state index contributed by atoms with van der Waals surface area (Å²) in [5.41, 5.74) is 5.57. The molecule has 0 aromatic carbocycles. The number of nitrogens with zero attached hydrogens (tertiary/aromatic N) is 3. The fourth-order valence-electron chi connectivity index (χ4n) is 2.53. The Hall–Kier alpha value is -2.90. The number of pyridine rings is 2. The van der Waals surface area contributed by atoms with E-state index in [9.17, 15) is 18.0 Å². The molecule has 3 aromatic rings. The van der Waals surface area contributed by atoms with E-state index in [-0.39, 0.29) is 5.56 Å². The van der Waals surface area contributed by atoms with E-state index in [0.717, 1.165) is 12.3 Å². The van der Waals surface area contributed by atoms with Crippen molar-refractivity contribution in [3.63, 3.8) is 0 Å². The van der Waals surface area contributed by atoms with Gasteiger partial charge in [0, 0.05) is 35.9 Å². The Morgan fingerprint density at radius 3 is 2.44 bits per heavy atom. The number of rotatable bonds is 3. The van der Waals surface area contributed by atoms with Gasteiger partial charge in [-0.05, 0) is 32.0 Å². The molecule has 0 bridgehead atoms. The predicted octanol–water partition coefficient (Wildman–Crippen LogP) is 3.34. The van der Waals surface area contributed by atoms with Crippen LogP contribution in [0.3, 0.4) is 0 Å². The largest absolute Gasteiger partial charge is 0.417 e. The molecule has 3 aromatic heterocycles. The Balaban J connectivity index is 2.15. The molecule has 0 saturated carbocycles. The molecule has 2 N–H and O–H groups in total. The van der Waals surface area contributed by atoms with Gasteiger partial charge in [-0.25, -0.2) is 0 Å². The zero-order valence-electron chi connectivity index (χ0n) is 13.5. The van der Waals surface area contributed by atoms with Crippen LogP contribution in [0.2, 0.25) is 0 Å². The lowest BCUT2D eigenvalue weighted by Crippen LogP contribution is -2.40. The Bertz CT molecular complexity index is 960. The molecule has 0 spiro atoms. The van der Waals surface area contributed by atoms with Crippen molar-refractivity contribution in [3.8, 4) is 11.1 Å². The number of halogens is 3. The lowest BCUT2D eigenvalue weighted by molar-refractivity contribution is -0.137. The summed E-state index contributed by atoms with van der Waals surface area (Å²) >= 11 is 0. The minimum absolute atomic E-state index is 0.286. The Kier molecular flexibility index (Phi) is 3.78. The number of fused-ring (bicyclic) bond motifs is 1. The summed E-state index contributed by atoms with van der Waals surface area (Å²) in [6.07, 6.45) is 0.783. The van der Waals surface area contributed by atoms with Crippen molar-refractivity contribution in [2.24, 2.45) is 5.73 Å². The Labute approximate surface area is 141 Å². The normalized spacial score (nSPS) is 12.5. The van der Waals surface area contributed by atoms with E-state index in [2.05, 4.69) is 9.97 Å². The van der Waals surface area contributed by atoms with E-state index in [1.54, 1.807) is 36.7 Å². The van der Waals surface area contributed by atoms with Crippen molar-refractivity contribution >= 4 is 16.9 Å². The summed E-state index contributed by atoms with van der Waals surface area (Å²) in [5.74, 6) is -0.531. The summed E-state index contributed by atoms with van der Waals surface area (Å²) < 4.78 is 40.3. The number of hydrogen-bond acceptors (Lipinski definition) is 3. The Morgan fingerprint density at radius 2 is 1.80 bits per heavy atom. The molecule has 0 aliphatic heterocycles. The standard InChI is InChI=1S/C17H15F3N4O/c1-16(2,15(21)25)24-4-3-13-14(24)6-11(8-23-13)10-5-12(9-22-7-10)17(18,19)20/h3-9H,1-2H3,(H2,21,25). The average molecular weight is 348 g/mol.